The largest absolute Gasteiger partial charge is 0.507 e. The van der Waals surface area contributed by atoms with Crippen LogP contribution >= 0.6 is 0 Å². The van der Waals surface area contributed by atoms with Gasteiger partial charge in [-0.15, -0.1) is 0 Å². The number of nitrogens with two attached hydrogens (primary N) is 2. The van der Waals surface area contributed by atoms with Gasteiger partial charge in [-0.2, -0.15) is 0 Å². The summed E-state index contributed by atoms with van der Waals surface area (Å²) in [6, 6.07) is 4.71. The van der Waals surface area contributed by atoms with Crippen molar-refractivity contribution in [1.29, 1.82) is 0 Å². The highest BCUT2D eigenvalue weighted by Gasteiger charge is 2.63. The average Bonchev–Trinajstić information content (AvgIpc) is 3.42. The summed E-state index contributed by atoms with van der Waals surface area (Å²) in [6.07, 6.45) is 14.7. The first kappa shape index (κ1) is 35.4. The van der Waals surface area contributed by atoms with Crippen LogP contribution in [0.1, 0.15) is 50.9 Å². The zero-order valence-corrected chi connectivity index (χ0v) is 30.5. The van der Waals surface area contributed by atoms with Crippen molar-refractivity contribution in [3.05, 3.63) is 105 Å². The molecule has 5 unspecified atom stereocenters. The Balaban J connectivity index is 0.956. The number of phenolic OH excluding ortho intramolecular Hbond substituents is 1. The van der Waals surface area contributed by atoms with Crippen molar-refractivity contribution in [2.24, 2.45) is 11.5 Å². The summed E-state index contributed by atoms with van der Waals surface area (Å²) in [4.78, 5) is 30.0. The van der Waals surface area contributed by atoms with Crippen molar-refractivity contribution >= 4 is 27.8 Å². The van der Waals surface area contributed by atoms with E-state index in [1.807, 2.05) is 24.4 Å². The number of esters is 1. The Hall–Kier alpha value is -5.60. The van der Waals surface area contributed by atoms with Crippen molar-refractivity contribution in [2.45, 2.75) is 94.9 Å². The molecule has 0 saturated carbocycles. The Labute approximate surface area is 311 Å². The summed E-state index contributed by atoms with van der Waals surface area (Å²) in [6.45, 7) is 5.83. The fourth-order valence-electron chi connectivity index (χ4n) is 8.02. The van der Waals surface area contributed by atoms with E-state index in [1.54, 1.807) is 26.8 Å². The van der Waals surface area contributed by atoms with Crippen molar-refractivity contribution in [3.8, 4) is 11.5 Å². The number of aromatic hydroxyl groups is 1. The maximum Gasteiger partial charge on any atom is 0.341 e. The first-order chi connectivity index (χ1) is 25.8. The van der Waals surface area contributed by atoms with Crippen LogP contribution in [-0.2, 0) is 27.2 Å². The van der Waals surface area contributed by atoms with Gasteiger partial charge in [-0.1, -0.05) is 12.2 Å². The molecule has 0 amide bonds. The maximum absolute atomic E-state index is 14.0. The second-order valence-electron chi connectivity index (χ2n) is 15.2. The number of hydrogen-bond donors (Lipinski definition) is 7. The van der Waals surface area contributed by atoms with E-state index in [2.05, 4.69) is 44.7 Å². The third-order valence-electron chi connectivity index (χ3n) is 10.8. The molecule has 1 aromatic carbocycles. The van der Waals surface area contributed by atoms with E-state index in [0.717, 1.165) is 22.0 Å². The monoisotopic (exact) mass is 738 g/mol. The number of fused-ring (bicyclic) bond motifs is 3. The number of aryl methyl sites for hydroxylation is 1. The molecule has 14 nitrogen and oxygen atoms in total. The predicted molar refractivity (Wildman–Crippen MR) is 201 cm³/mol. The molecule has 0 spiro atoms. The molecule has 9 N–H and O–H groups in total. The number of dihydropyridines is 2. The lowest BCUT2D eigenvalue weighted by Gasteiger charge is -2.39. The number of aromatic nitrogens is 2. The zero-order chi connectivity index (χ0) is 37.9. The molecular weight excluding hydrogens is 692 g/mol. The lowest BCUT2D eigenvalue weighted by molar-refractivity contribution is -0.168. The Morgan fingerprint density at radius 3 is 2.74 bits per heavy atom. The molecule has 4 aliphatic heterocycles. The summed E-state index contributed by atoms with van der Waals surface area (Å²) in [7, 11) is 0. The summed E-state index contributed by atoms with van der Waals surface area (Å²) < 4.78 is 26.4. The number of H-pyrrole nitrogens is 1. The van der Waals surface area contributed by atoms with E-state index < -0.39 is 29.4 Å². The number of benzene rings is 1. The third-order valence-corrected chi connectivity index (χ3v) is 10.8. The van der Waals surface area contributed by atoms with Gasteiger partial charge in [0.25, 0.3) is 0 Å². The summed E-state index contributed by atoms with van der Waals surface area (Å²) >= 11 is 0. The number of ether oxygens (including phenoxy) is 3. The number of carbonyl (C=O) groups excluding carboxylic acids is 1. The molecule has 0 aliphatic carbocycles. The fourth-order valence-corrected chi connectivity index (χ4v) is 8.02. The molecule has 3 aromatic heterocycles. The van der Waals surface area contributed by atoms with Gasteiger partial charge < -0.3 is 60.5 Å². The highest BCUT2D eigenvalue weighted by molar-refractivity contribution is 5.87. The molecule has 0 bridgehead atoms. The van der Waals surface area contributed by atoms with E-state index in [-0.39, 0.29) is 53.7 Å². The van der Waals surface area contributed by atoms with Gasteiger partial charge in [0.05, 0.1) is 35.3 Å². The van der Waals surface area contributed by atoms with Crippen LogP contribution in [-0.4, -0.2) is 67.8 Å². The zero-order valence-electron chi connectivity index (χ0n) is 30.5. The van der Waals surface area contributed by atoms with Crippen LogP contribution in [0.15, 0.2) is 93.1 Å². The Morgan fingerprint density at radius 2 is 1.94 bits per heavy atom. The number of aromatic amines is 1. The average molecular weight is 739 g/mol. The molecule has 4 aliphatic rings. The van der Waals surface area contributed by atoms with Crippen LogP contribution in [0, 0.1) is 6.92 Å². The number of epoxide rings is 1. The number of phenols is 1. The van der Waals surface area contributed by atoms with Crippen LogP contribution in [0.5, 0.6) is 11.5 Å². The van der Waals surface area contributed by atoms with E-state index in [4.69, 9.17) is 30.1 Å². The maximum atomic E-state index is 14.0. The Kier molecular flexibility index (Phi) is 8.77. The molecule has 8 rings (SSSR count). The number of carbonyl (C=O) groups is 1. The molecule has 284 valence electrons. The first-order valence-electron chi connectivity index (χ1n) is 18.3. The van der Waals surface area contributed by atoms with Gasteiger partial charge >= 0.3 is 5.97 Å². The van der Waals surface area contributed by atoms with Gasteiger partial charge in [-0.25, -0.2) is 4.79 Å². The van der Waals surface area contributed by atoms with E-state index in [9.17, 15) is 19.8 Å². The number of hydrogen-bond acceptors (Lipinski definition) is 12. The van der Waals surface area contributed by atoms with Crippen LogP contribution in [0.25, 0.3) is 21.9 Å². The standard InChI is InChI=1S/C40H46N6O8/c1-21-11-29(48)36-31(51-21)17-30-26(37(36)49)16-33(39(2,3)53-30)52-38(50)40(8-4-10-47)32(54-40)6-5-22-12-27(45-34(41)13-22)24-14-25(44-35(42)15-24)19-46-18-23-7-9-43-28(23)20-46/h7,9,11-15,17-18,20,25,27,32-33,43-45,47,49H,4-6,8,10,16,19,41-42H2,1-3H3. The van der Waals surface area contributed by atoms with Crippen LogP contribution in [0.4, 0.5) is 0 Å². The minimum absolute atomic E-state index is 0.0365. The molecular formula is C40H46N6O8. The summed E-state index contributed by atoms with van der Waals surface area (Å²) in [5, 5.41) is 28.8. The van der Waals surface area contributed by atoms with Gasteiger partial charge in [-0.3, -0.25) is 4.79 Å². The summed E-state index contributed by atoms with van der Waals surface area (Å²) in [5.41, 5.74) is 13.7. The third kappa shape index (κ3) is 6.60. The molecule has 14 heteroatoms. The van der Waals surface area contributed by atoms with Crippen molar-refractivity contribution < 1.29 is 33.6 Å². The number of nitrogens with zero attached hydrogens (tertiary/aromatic N) is 1. The van der Waals surface area contributed by atoms with Gasteiger partial charge in [0.2, 0.25) is 0 Å². The first-order valence-corrected chi connectivity index (χ1v) is 18.3. The lowest BCUT2D eigenvalue weighted by Crippen LogP contribution is -2.50. The van der Waals surface area contributed by atoms with Gasteiger partial charge in [0, 0.05) is 61.2 Å². The van der Waals surface area contributed by atoms with E-state index in [1.165, 1.54) is 6.07 Å². The van der Waals surface area contributed by atoms with Crippen molar-refractivity contribution in [1.82, 2.24) is 20.2 Å². The lowest BCUT2D eigenvalue weighted by atomic mass is 9.89. The fraction of sp³-hybridized carbons (Fsp3) is 0.400. The molecule has 1 saturated heterocycles. The quantitative estimate of drug-likeness (QED) is 0.0870. The highest BCUT2D eigenvalue weighted by atomic mass is 16.7. The van der Waals surface area contributed by atoms with Gasteiger partial charge in [-0.05, 0) is 75.8 Å². The normalized spacial score (nSPS) is 25.7. The molecule has 7 heterocycles. The Morgan fingerprint density at radius 1 is 1.13 bits per heavy atom. The Bertz CT molecular complexity index is 2300. The van der Waals surface area contributed by atoms with Gasteiger partial charge in [0.1, 0.15) is 39.9 Å². The van der Waals surface area contributed by atoms with E-state index >= 15 is 0 Å². The number of allylic oxidation sites excluding steroid dienone is 2. The number of rotatable bonds is 11. The second-order valence-corrected chi connectivity index (χ2v) is 15.2. The smallest absolute Gasteiger partial charge is 0.341 e. The van der Waals surface area contributed by atoms with Crippen LogP contribution in [0.3, 0.4) is 0 Å². The van der Waals surface area contributed by atoms with Crippen molar-refractivity contribution in [2.75, 3.05) is 6.61 Å². The summed E-state index contributed by atoms with van der Waals surface area (Å²) in [5.74, 6) is 1.05. The van der Waals surface area contributed by atoms with Crippen LogP contribution < -0.4 is 32.3 Å². The van der Waals surface area contributed by atoms with Crippen molar-refractivity contribution in [3.63, 3.8) is 0 Å². The van der Waals surface area contributed by atoms with Gasteiger partial charge in [0.15, 0.2) is 11.0 Å². The second kappa shape index (κ2) is 13.4. The highest BCUT2D eigenvalue weighted by Crippen LogP contribution is 2.48. The molecule has 54 heavy (non-hydrogen) atoms. The number of nitrogens with one attached hydrogen (secondary N) is 3. The van der Waals surface area contributed by atoms with Crippen LogP contribution in [0.2, 0.25) is 0 Å². The van der Waals surface area contributed by atoms with E-state index in [0.29, 0.717) is 54.5 Å². The number of aliphatic hydroxyl groups excluding tert-OH is 1. The molecule has 4 aromatic rings. The molecule has 0 radical (unpaired) electrons. The minimum Gasteiger partial charge on any atom is -0.507 e. The molecule has 5 atom stereocenters. The number of aliphatic hydroxyl groups is 1. The minimum atomic E-state index is -1.24. The molecule has 1 fully saturated rings. The topological polar surface area (TPSA) is 216 Å². The predicted octanol–water partition coefficient (Wildman–Crippen LogP) is 3.50. The SMILES string of the molecule is Cc1cc(=O)c2c(O)c3c(cc2o1)OC(C)(C)C(OC(=O)C1(CCCO)OC1CCC1=CC(C2=CC(Cn4cc5cc[nH]c5c4)NC(N)=C2)NC(N)=C1)C3.